The second-order valence-corrected chi connectivity index (χ2v) is 26.2. The van der Waals surface area contributed by atoms with Crippen molar-refractivity contribution in [1.82, 2.24) is 0 Å². The highest BCUT2D eigenvalue weighted by molar-refractivity contribution is 6.25. The Labute approximate surface area is 852 Å². The molecule has 24 aromatic carbocycles. The quantitative estimate of drug-likeness (QED) is 0.107. The standard InChI is InChI=1S/3C42H28/c1-3-12-29(13-4-1)30-22-24-33(25-23-30)42-38-20-10-9-19-37(38)41(32-15-5-2-6-16-32)39-27-26-34(28-40(39)42)36-21-11-17-31-14-7-8-18-35(31)36;1-3-11-29(12-4-1)31-19-22-33(23-20-31)41-37-17-9-10-18-38(37)42(32-14-5-2-6-15-32)40-28-36(25-26-39(40)41)35-24-21-30-13-7-8-16-34(30)27-35;1-3-11-29(12-4-1)31-19-22-33(23-20-31)42-38-18-10-9-17-37(38)41(32-14-5-2-6-15-32)39-26-25-36(28-40(39)42)35-24-21-30-13-7-8-16-34(30)27-35/h3*1-28H/i3*1D,2D,3D,4D,5D,6D,7D,8D,9D,10D,11D,12D,13D,14D,15D,16D,17D,18D,19D,20D,21D,22D,23D,24D,25D,26D,27D,28D. The van der Waals surface area contributed by atoms with Crippen molar-refractivity contribution in [2.45, 2.75) is 0 Å². The molecule has 0 saturated carbocycles. The molecule has 0 nitrogen and oxygen atoms in total. The van der Waals surface area contributed by atoms with Crippen molar-refractivity contribution in [3.63, 3.8) is 0 Å². The third-order valence-electron chi connectivity index (χ3n) is 19.2. The van der Waals surface area contributed by atoms with Gasteiger partial charge in [0.15, 0.2) is 0 Å². The van der Waals surface area contributed by atoms with E-state index in [1.165, 1.54) is 0 Å². The van der Waals surface area contributed by atoms with Crippen LogP contribution in [-0.2, 0) is 0 Å². The normalized spacial score (nSPS) is 20.7. The summed E-state index contributed by atoms with van der Waals surface area (Å²) < 4.78 is 746. The number of fused-ring (bicyclic) bond motifs is 9. The fourth-order valence-electron chi connectivity index (χ4n) is 13.8. The van der Waals surface area contributed by atoms with Gasteiger partial charge in [-0.25, -0.2) is 0 Å². The maximum Gasteiger partial charge on any atom is 0.0636 e. The molecule has 24 rings (SSSR count). The molecule has 0 aliphatic rings. The van der Waals surface area contributed by atoms with Gasteiger partial charge in [-0.2, -0.15) is 0 Å². The fraction of sp³-hybridized carbons (Fsp3) is 0. The minimum Gasteiger partial charge on any atom is -0.0622 e. The molecule has 0 saturated heterocycles. The third kappa shape index (κ3) is 14.5. The SMILES string of the molecule is [2H]c1c([2H])c([2H])c(-c2c([2H])c([2H])c(-c3c4c([2H])c([2H])c([2H])c([2H])c4c(-c4c([2H])c([2H])c([2H])c([2H])c4[2H])c4c([2H])c(-c5c([2H])c([2H])c6c([2H])c([2H])c([2H])c([2H])c6c5[2H])c([2H])c([2H])c34)c([2H])c2[2H])c([2H])c1[2H].[2H]c1c([2H])c([2H])c(-c2c([2H])c([2H])c(-c3c4c([2H])c([2H])c([2H])c([2H])c4c(-c4c([2H])c([2H])c([2H])c([2H])c4[2H])c4c([2H])c([2H])c(-c5c([2H])c([2H])c([2H])c6c([2H])c([2H])c([2H])c([2H])c56)c([2H])c34)c([2H])c2[2H])c([2H])c1[2H].[2H]c1c([2H])c([2H])c(-c2c([2H])c([2H])c(-c3c4c([2H])c([2H])c([2H])c([2H])c4c(-c4c([2H])c([2H])c([2H])c([2H])c4[2H])c4c([2H])c([2H])c(-c5c([2H])c([2H])c6c([2H])c([2H])c([2H])c([2H])c6c5[2H])c([2H])c34)c([2H])c2[2H])c([2H])c1[2H]. The first-order valence-electron chi connectivity index (χ1n) is 78.8. The van der Waals surface area contributed by atoms with E-state index >= 15 is 0 Å². The average Bonchev–Trinajstić information content (AvgIpc) is 0.683. The molecular weight excluding hydrogens is 1510 g/mol. The van der Waals surface area contributed by atoms with Gasteiger partial charge >= 0.3 is 0 Å². The van der Waals surface area contributed by atoms with Crippen molar-refractivity contribution in [3.05, 3.63) is 508 Å². The zero-order valence-corrected chi connectivity index (χ0v) is 63.0. The molecule has 0 N–H and O–H groups in total. The van der Waals surface area contributed by atoms with Crippen molar-refractivity contribution in [2.75, 3.05) is 0 Å². The van der Waals surface area contributed by atoms with E-state index in [4.69, 9.17) is 75.4 Å². The van der Waals surface area contributed by atoms with Crippen LogP contribution in [0, 0.1) is 0 Å². The molecule has 0 spiro atoms. The van der Waals surface area contributed by atoms with Crippen LogP contribution in [0.1, 0.15) is 115 Å². The van der Waals surface area contributed by atoms with Gasteiger partial charge in [0.1, 0.15) is 0 Å². The third-order valence-corrected chi connectivity index (χ3v) is 19.2. The van der Waals surface area contributed by atoms with E-state index < -0.39 is 738 Å². The van der Waals surface area contributed by atoms with Crippen LogP contribution >= 0.6 is 0 Å². The molecule has 0 radical (unpaired) electrons. The van der Waals surface area contributed by atoms with E-state index in [0.717, 1.165) is 0 Å². The van der Waals surface area contributed by atoms with E-state index in [2.05, 4.69) is 0 Å². The van der Waals surface area contributed by atoms with Crippen LogP contribution in [-0.4, -0.2) is 0 Å². The molecule has 0 heteroatoms. The highest BCUT2D eigenvalue weighted by atomic mass is 14.3. The maximum atomic E-state index is 10.0. The summed E-state index contributed by atoms with van der Waals surface area (Å²) in [5.41, 5.74) is -20.1. The summed E-state index contributed by atoms with van der Waals surface area (Å²) >= 11 is 0. The van der Waals surface area contributed by atoms with Gasteiger partial charge in [-0.1, -0.05) is 477 Å². The van der Waals surface area contributed by atoms with Gasteiger partial charge in [0.05, 0.1) is 115 Å². The molecule has 126 heavy (non-hydrogen) atoms. The van der Waals surface area contributed by atoms with E-state index in [-0.39, 0.29) is 0 Å². The van der Waals surface area contributed by atoms with Crippen LogP contribution in [0.3, 0.4) is 0 Å². The lowest BCUT2D eigenvalue weighted by molar-refractivity contribution is 1.61. The zero-order chi connectivity index (χ0) is 157. The first kappa shape index (κ1) is 28.1. The molecule has 0 fully saturated rings. The van der Waals surface area contributed by atoms with Gasteiger partial charge in [0.2, 0.25) is 0 Å². The minimum atomic E-state index is -1.14. The maximum absolute atomic E-state index is 10.0. The monoisotopic (exact) mass is 1680 g/mol. The van der Waals surface area contributed by atoms with E-state index in [1.807, 2.05) is 0 Å². The van der Waals surface area contributed by atoms with E-state index in [9.17, 15) is 39.8 Å². The summed E-state index contributed by atoms with van der Waals surface area (Å²) in [4.78, 5) is 0. The Hall–Kier alpha value is -16.4. The largest absolute Gasteiger partial charge is 0.0636 e. The Morgan fingerprint density at radius 3 is 0.611 bits per heavy atom. The van der Waals surface area contributed by atoms with Gasteiger partial charge in [-0.15, -0.1) is 0 Å². The van der Waals surface area contributed by atoms with Crippen LogP contribution in [0.25, 0.3) is 230 Å². The number of hydrogen-bond donors (Lipinski definition) is 0. The molecule has 0 aromatic heterocycles. The van der Waals surface area contributed by atoms with Gasteiger partial charge in [0, 0.05) is 0 Å². The van der Waals surface area contributed by atoms with Crippen molar-refractivity contribution in [2.24, 2.45) is 0 Å². The van der Waals surface area contributed by atoms with Gasteiger partial charge in [0.25, 0.3) is 0 Å². The molecule has 0 bridgehead atoms. The molecular formula is C126H84. The lowest BCUT2D eigenvalue weighted by Crippen LogP contribution is -1.92. The van der Waals surface area contributed by atoms with Gasteiger partial charge in [-0.3, -0.25) is 0 Å². The molecule has 0 aliphatic carbocycles. The molecule has 0 unspecified atom stereocenters. The molecule has 24 aromatic rings. The smallest absolute Gasteiger partial charge is 0.0622 e. The number of benzene rings is 24. The van der Waals surface area contributed by atoms with Gasteiger partial charge < -0.3 is 0 Å². The minimum absolute atomic E-state index is 0.589. The molecule has 0 atom stereocenters. The Balaban J connectivity index is 0.000000166. The summed E-state index contributed by atoms with van der Waals surface area (Å²) in [5.74, 6) is 0. The Kier molecular flexibility index (Phi) is 7.48. The average molecular weight is 1680 g/mol. The molecule has 0 heterocycles. The van der Waals surface area contributed by atoms with Gasteiger partial charge in [-0.05, 0) is 261 Å². The first-order valence-corrected chi connectivity index (χ1v) is 36.8. The molecule has 0 aliphatic heterocycles. The topological polar surface area (TPSA) is 0 Å². The first-order chi connectivity index (χ1) is 97.5. The van der Waals surface area contributed by atoms with E-state index in [1.54, 1.807) is 0 Å². The Bertz CT molecular complexity index is 13500. The highest BCUT2D eigenvalue weighted by Gasteiger charge is 2.23. The number of hydrogen-bond acceptors (Lipinski definition) is 0. The van der Waals surface area contributed by atoms with Crippen molar-refractivity contribution >= 4 is 97.0 Å². The summed E-state index contributed by atoms with van der Waals surface area (Å²) in [6.45, 7) is 0. The number of rotatable bonds is 12. The highest BCUT2D eigenvalue weighted by Crippen LogP contribution is 2.50. The zero-order valence-electron chi connectivity index (χ0n) is 147. The summed E-state index contributed by atoms with van der Waals surface area (Å²) in [6, 6.07) is -82.8. The Morgan fingerprint density at radius 1 is 0.0952 bits per heavy atom. The van der Waals surface area contributed by atoms with Crippen LogP contribution in [0.15, 0.2) is 508 Å². The van der Waals surface area contributed by atoms with Crippen molar-refractivity contribution in [1.29, 1.82) is 0 Å². The Morgan fingerprint density at radius 2 is 0.286 bits per heavy atom. The van der Waals surface area contributed by atoms with Crippen LogP contribution in [0.5, 0.6) is 0 Å². The van der Waals surface area contributed by atoms with Crippen molar-refractivity contribution < 1.29 is 115 Å². The summed E-state index contributed by atoms with van der Waals surface area (Å²) in [5, 5.41) is -13.6. The van der Waals surface area contributed by atoms with E-state index in [0.29, 0.717) is 0 Å². The van der Waals surface area contributed by atoms with Crippen molar-refractivity contribution in [3.8, 4) is 134 Å². The predicted octanol–water partition coefficient (Wildman–Crippen LogP) is 35.4. The van der Waals surface area contributed by atoms with Crippen LogP contribution in [0.2, 0.25) is 0 Å². The molecule has 588 valence electrons. The lowest BCUT2D eigenvalue weighted by Gasteiger charge is -2.19. The second kappa shape index (κ2) is 33.6. The summed E-state index contributed by atoms with van der Waals surface area (Å²) in [7, 11) is 0. The predicted molar refractivity (Wildman–Crippen MR) is 542 cm³/mol. The van der Waals surface area contributed by atoms with Crippen LogP contribution in [0.4, 0.5) is 0 Å². The fourth-order valence-corrected chi connectivity index (χ4v) is 13.8. The van der Waals surface area contributed by atoms with Crippen LogP contribution < -0.4 is 0 Å². The summed E-state index contributed by atoms with van der Waals surface area (Å²) in [6.07, 6.45) is 0. The molecule has 0 amide bonds. The lowest BCUT2D eigenvalue weighted by atomic mass is 9.84. The second-order valence-electron chi connectivity index (χ2n) is 26.2.